The van der Waals surface area contributed by atoms with Gasteiger partial charge in [-0.15, -0.1) is 0 Å². The maximum Gasteiger partial charge on any atom is 0.321 e. The van der Waals surface area contributed by atoms with Crippen molar-refractivity contribution in [3.05, 3.63) is 88.9 Å². The Morgan fingerprint density at radius 2 is 1.45 bits per heavy atom. The molecular weight excluding hydrogens is 592 g/mol. The quantitative estimate of drug-likeness (QED) is 0.149. The first-order valence-electron chi connectivity index (χ1n) is 13.6. The van der Waals surface area contributed by atoms with Gasteiger partial charge >= 0.3 is 5.97 Å². The van der Waals surface area contributed by atoms with Crippen molar-refractivity contribution in [1.29, 1.82) is 0 Å². The third-order valence-electron chi connectivity index (χ3n) is 6.62. The van der Waals surface area contributed by atoms with Crippen molar-refractivity contribution in [2.24, 2.45) is 0 Å². The number of carboxylic acid groups (broad SMARTS) is 1. The molecule has 0 aliphatic carbocycles. The molecule has 3 N–H and O–H groups in total. The van der Waals surface area contributed by atoms with Crippen LogP contribution in [0.15, 0.2) is 88.2 Å². The molecule has 1 atom stereocenters. The lowest BCUT2D eigenvalue weighted by molar-refractivity contribution is -0.139. The highest BCUT2D eigenvalue weighted by atomic mass is 79.9. The number of rotatable bonds is 18. The molecule has 9 heteroatoms. The number of ketones is 1. The van der Waals surface area contributed by atoms with Gasteiger partial charge in [0, 0.05) is 10.9 Å². The van der Waals surface area contributed by atoms with Crippen LogP contribution in [0.4, 0.5) is 0 Å². The van der Waals surface area contributed by atoms with E-state index in [9.17, 15) is 23.1 Å². The molecule has 0 aliphatic rings. The van der Waals surface area contributed by atoms with Crippen molar-refractivity contribution >= 4 is 37.7 Å². The highest BCUT2D eigenvalue weighted by Crippen LogP contribution is 2.23. The maximum atomic E-state index is 12.8. The van der Waals surface area contributed by atoms with Gasteiger partial charge in [0.1, 0.15) is 11.8 Å². The Labute approximate surface area is 245 Å². The summed E-state index contributed by atoms with van der Waals surface area (Å²) in [5.41, 5.74) is 3.12. The fourth-order valence-corrected chi connectivity index (χ4v) is 5.83. The van der Waals surface area contributed by atoms with E-state index in [1.165, 1.54) is 17.7 Å². The van der Waals surface area contributed by atoms with Gasteiger partial charge in [-0.2, -0.15) is 4.72 Å². The number of aryl methyl sites for hydroxylation is 1. The Bertz CT molecular complexity index is 1310. The molecule has 0 aromatic heterocycles. The minimum absolute atomic E-state index is 0.0138. The fraction of sp³-hybridized carbons (Fsp3) is 0.355. The summed E-state index contributed by atoms with van der Waals surface area (Å²) in [5.74, 6) is -1.05. The molecule has 0 amide bonds. The molecule has 214 valence electrons. The zero-order valence-corrected chi connectivity index (χ0v) is 24.9. The second-order valence-electron chi connectivity index (χ2n) is 9.80. The van der Waals surface area contributed by atoms with Crippen molar-refractivity contribution in [1.82, 2.24) is 10.0 Å². The molecule has 0 saturated carbocycles. The van der Waals surface area contributed by atoms with E-state index in [4.69, 9.17) is 0 Å². The SMILES string of the molecule is O=C(CCCCCc1ccccc1)CNCCCCC(NS(=O)(=O)c1ccc(-c2ccc(Br)cc2)cc1)C(=O)O. The first kappa shape index (κ1) is 31.7. The summed E-state index contributed by atoms with van der Waals surface area (Å²) in [6.07, 6.45) is 5.83. The van der Waals surface area contributed by atoms with Crippen molar-refractivity contribution in [3.8, 4) is 11.1 Å². The lowest BCUT2D eigenvalue weighted by Gasteiger charge is -2.15. The monoisotopic (exact) mass is 628 g/mol. The number of carbonyl (C=O) groups is 2. The number of carboxylic acids is 1. The number of sulfonamides is 1. The minimum atomic E-state index is -4.00. The first-order valence-corrected chi connectivity index (χ1v) is 15.9. The van der Waals surface area contributed by atoms with Crippen LogP contribution in [0.5, 0.6) is 0 Å². The number of benzene rings is 3. The number of carbonyl (C=O) groups excluding carboxylic acids is 1. The third-order valence-corrected chi connectivity index (χ3v) is 8.64. The molecule has 3 aromatic rings. The molecule has 3 aromatic carbocycles. The number of Topliss-reactive ketones (excluding diaryl/α,β-unsaturated/α-hetero) is 1. The highest BCUT2D eigenvalue weighted by Gasteiger charge is 2.25. The van der Waals surface area contributed by atoms with E-state index in [-0.39, 0.29) is 17.1 Å². The Morgan fingerprint density at radius 1 is 0.800 bits per heavy atom. The van der Waals surface area contributed by atoms with E-state index in [0.29, 0.717) is 32.4 Å². The van der Waals surface area contributed by atoms with Gasteiger partial charge in [0.25, 0.3) is 0 Å². The van der Waals surface area contributed by atoms with E-state index in [1.54, 1.807) is 12.1 Å². The molecule has 0 saturated heterocycles. The Balaban J connectivity index is 1.33. The second-order valence-corrected chi connectivity index (χ2v) is 12.4. The summed E-state index contributed by atoms with van der Waals surface area (Å²) in [6.45, 7) is 0.861. The Kier molecular flexibility index (Phi) is 13.0. The summed E-state index contributed by atoms with van der Waals surface area (Å²) in [4.78, 5) is 23.8. The normalized spacial score (nSPS) is 12.2. The zero-order valence-electron chi connectivity index (χ0n) is 22.5. The van der Waals surface area contributed by atoms with Gasteiger partial charge in [-0.25, -0.2) is 8.42 Å². The average molecular weight is 630 g/mol. The minimum Gasteiger partial charge on any atom is -0.480 e. The Morgan fingerprint density at radius 3 is 2.10 bits per heavy atom. The van der Waals surface area contributed by atoms with Gasteiger partial charge in [0.15, 0.2) is 0 Å². The van der Waals surface area contributed by atoms with Crippen LogP contribution in [0.3, 0.4) is 0 Å². The lowest BCUT2D eigenvalue weighted by Crippen LogP contribution is -2.40. The predicted molar refractivity (Wildman–Crippen MR) is 162 cm³/mol. The molecule has 0 radical (unpaired) electrons. The summed E-state index contributed by atoms with van der Waals surface area (Å²) >= 11 is 3.39. The largest absolute Gasteiger partial charge is 0.480 e. The van der Waals surface area contributed by atoms with E-state index in [1.807, 2.05) is 42.5 Å². The zero-order chi connectivity index (χ0) is 28.8. The molecule has 7 nitrogen and oxygen atoms in total. The molecule has 40 heavy (non-hydrogen) atoms. The maximum absolute atomic E-state index is 12.8. The molecular formula is C31H37BrN2O5S. The van der Waals surface area contributed by atoms with Crippen LogP contribution in [0, 0.1) is 0 Å². The third kappa shape index (κ3) is 11.0. The van der Waals surface area contributed by atoms with Crippen LogP contribution in [-0.4, -0.2) is 44.4 Å². The van der Waals surface area contributed by atoms with E-state index < -0.39 is 22.0 Å². The van der Waals surface area contributed by atoms with Gasteiger partial charge in [-0.1, -0.05) is 83.4 Å². The van der Waals surface area contributed by atoms with E-state index >= 15 is 0 Å². The topological polar surface area (TPSA) is 113 Å². The van der Waals surface area contributed by atoms with E-state index in [2.05, 4.69) is 38.1 Å². The van der Waals surface area contributed by atoms with Gasteiger partial charge in [-0.3, -0.25) is 9.59 Å². The second kappa shape index (κ2) is 16.4. The molecule has 0 spiro atoms. The first-order chi connectivity index (χ1) is 19.2. The number of halogens is 1. The van der Waals surface area contributed by atoms with Crippen LogP contribution in [0.25, 0.3) is 11.1 Å². The van der Waals surface area contributed by atoms with Gasteiger partial charge in [-0.05, 0) is 79.6 Å². The van der Waals surface area contributed by atoms with Crippen LogP contribution >= 0.6 is 15.9 Å². The van der Waals surface area contributed by atoms with Crippen molar-refractivity contribution < 1.29 is 23.1 Å². The summed E-state index contributed by atoms with van der Waals surface area (Å²) in [6, 6.07) is 23.1. The number of hydrogen-bond acceptors (Lipinski definition) is 5. The van der Waals surface area contributed by atoms with Gasteiger partial charge < -0.3 is 10.4 Å². The molecule has 0 aliphatic heterocycles. The number of unbranched alkanes of at least 4 members (excludes halogenated alkanes) is 3. The van der Waals surface area contributed by atoms with Crippen LogP contribution in [0.1, 0.15) is 50.5 Å². The lowest BCUT2D eigenvalue weighted by atomic mass is 10.1. The van der Waals surface area contributed by atoms with Gasteiger partial charge in [0.05, 0.1) is 11.4 Å². The van der Waals surface area contributed by atoms with Crippen LogP contribution in [-0.2, 0) is 26.0 Å². The standard InChI is InChI=1S/C31H37BrN2O5S/c32-27-18-14-25(15-19-27)26-16-20-29(21-17-26)40(38,39)34-30(31(36)37)13-7-8-22-33-23-28(35)12-6-2-5-11-24-9-3-1-4-10-24/h1,3-4,9-10,14-21,30,33-34H,2,5-8,11-13,22-23H2,(H,36,37). The summed E-state index contributed by atoms with van der Waals surface area (Å²) < 4.78 is 28.9. The highest BCUT2D eigenvalue weighted by molar-refractivity contribution is 9.10. The molecule has 0 heterocycles. The van der Waals surface area contributed by atoms with E-state index in [0.717, 1.165) is 41.3 Å². The number of aliphatic carboxylic acids is 1. The van der Waals surface area contributed by atoms with Crippen molar-refractivity contribution in [3.63, 3.8) is 0 Å². The number of hydrogen-bond donors (Lipinski definition) is 3. The molecule has 0 fully saturated rings. The van der Waals surface area contributed by atoms with Gasteiger partial charge in [0.2, 0.25) is 10.0 Å². The predicted octanol–water partition coefficient (Wildman–Crippen LogP) is 5.98. The molecule has 1 unspecified atom stereocenters. The fourth-order valence-electron chi connectivity index (χ4n) is 4.34. The Hall–Kier alpha value is -2.85. The smallest absolute Gasteiger partial charge is 0.321 e. The van der Waals surface area contributed by atoms with Crippen molar-refractivity contribution in [2.75, 3.05) is 13.1 Å². The number of nitrogens with one attached hydrogen (secondary N) is 2. The summed E-state index contributed by atoms with van der Waals surface area (Å²) in [7, 11) is -4.00. The summed E-state index contributed by atoms with van der Waals surface area (Å²) in [5, 5.41) is 12.7. The molecule has 0 bridgehead atoms. The average Bonchev–Trinajstić information content (AvgIpc) is 2.95. The van der Waals surface area contributed by atoms with Crippen molar-refractivity contribution in [2.45, 2.75) is 62.3 Å². The van der Waals surface area contributed by atoms with Crippen LogP contribution < -0.4 is 10.0 Å². The van der Waals surface area contributed by atoms with Crippen LogP contribution in [0.2, 0.25) is 0 Å². The molecule has 3 rings (SSSR count).